The van der Waals surface area contributed by atoms with E-state index in [-0.39, 0.29) is 22.4 Å². The minimum atomic E-state index is -4.17. The number of non-ortho nitro benzene ring substituents is 1. The van der Waals surface area contributed by atoms with Crippen LogP contribution in [0.25, 0.3) is 0 Å². The maximum absolute atomic E-state index is 13.4. The fourth-order valence-corrected chi connectivity index (χ4v) is 5.38. The number of carbonyl (C=O) groups excluding carboxylic acids is 1. The Bertz CT molecular complexity index is 1290. The predicted molar refractivity (Wildman–Crippen MR) is 132 cm³/mol. The van der Waals surface area contributed by atoms with E-state index in [2.05, 4.69) is 5.32 Å². The van der Waals surface area contributed by atoms with Gasteiger partial charge >= 0.3 is 0 Å². The summed E-state index contributed by atoms with van der Waals surface area (Å²) in [7, 11) is -4.17. The molecule has 1 fully saturated rings. The lowest BCUT2D eigenvalue weighted by atomic mass is 10.2. The van der Waals surface area contributed by atoms with Crippen molar-refractivity contribution in [2.24, 2.45) is 0 Å². The Hall–Kier alpha value is -3.92. The lowest BCUT2D eigenvalue weighted by Crippen LogP contribution is -2.38. The second kappa shape index (κ2) is 10.6. The van der Waals surface area contributed by atoms with Crippen molar-refractivity contribution in [1.29, 1.82) is 0 Å². The molecule has 4 rings (SSSR count). The number of hydrogen-bond donors (Lipinski definition) is 1. The molecule has 0 aromatic heterocycles. The highest BCUT2D eigenvalue weighted by atomic mass is 32.2. The van der Waals surface area contributed by atoms with Crippen molar-refractivity contribution < 1.29 is 22.9 Å². The van der Waals surface area contributed by atoms with Crippen LogP contribution in [0.2, 0.25) is 0 Å². The molecule has 1 aliphatic carbocycles. The Morgan fingerprint density at radius 3 is 2.34 bits per heavy atom. The zero-order valence-electron chi connectivity index (χ0n) is 18.9. The molecule has 35 heavy (non-hydrogen) atoms. The van der Waals surface area contributed by atoms with E-state index in [0.717, 1.165) is 36.1 Å². The van der Waals surface area contributed by atoms with Gasteiger partial charge in [0.2, 0.25) is 5.91 Å². The molecule has 0 bridgehead atoms. The van der Waals surface area contributed by atoms with Crippen LogP contribution >= 0.6 is 0 Å². The van der Waals surface area contributed by atoms with Gasteiger partial charge in [-0.15, -0.1) is 0 Å². The quantitative estimate of drug-likeness (QED) is 0.338. The van der Waals surface area contributed by atoms with E-state index in [9.17, 15) is 23.3 Å². The molecule has 0 radical (unpaired) electrons. The number of rotatable bonds is 9. The van der Waals surface area contributed by atoms with Gasteiger partial charge in [-0.1, -0.05) is 24.3 Å². The van der Waals surface area contributed by atoms with E-state index in [1.54, 1.807) is 42.5 Å². The maximum Gasteiger partial charge on any atom is 0.271 e. The predicted octanol–water partition coefficient (Wildman–Crippen LogP) is 4.75. The largest absolute Gasteiger partial charge is 0.490 e. The number of nitro groups is 1. The number of nitrogens with zero attached hydrogens (tertiary/aromatic N) is 2. The Labute approximate surface area is 203 Å². The van der Waals surface area contributed by atoms with E-state index in [4.69, 9.17) is 4.74 Å². The molecule has 0 unspecified atom stereocenters. The van der Waals surface area contributed by atoms with Gasteiger partial charge in [-0.25, -0.2) is 8.42 Å². The SMILES string of the molecule is O=C(CN(c1cccc([N+](=O)[O-])c1)S(=O)(=O)c1ccccc1)Nc1ccc(OC2CCCC2)cc1. The van der Waals surface area contributed by atoms with E-state index in [1.165, 1.54) is 30.3 Å². The lowest BCUT2D eigenvalue weighted by molar-refractivity contribution is -0.384. The molecule has 10 heteroatoms. The van der Waals surface area contributed by atoms with Crippen molar-refractivity contribution >= 4 is 33.0 Å². The van der Waals surface area contributed by atoms with Gasteiger partial charge < -0.3 is 10.1 Å². The van der Waals surface area contributed by atoms with Gasteiger partial charge in [0.15, 0.2) is 0 Å². The first-order chi connectivity index (χ1) is 16.8. The fourth-order valence-electron chi connectivity index (χ4n) is 3.94. The van der Waals surface area contributed by atoms with Gasteiger partial charge in [0.25, 0.3) is 15.7 Å². The minimum Gasteiger partial charge on any atom is -0.490 e. The number of nitrogens with one attached hydrogen (secondary N) is 1. The molecule has 3 aromatic rings. The highest BCUT2D eigenvalue weighted by Gasteiger charge is 2.28. The standard InChI is InChI=1S/C25H25N3O6S/c29-25(26-19-13-15-23(16-14-19)34-22-9-4-5-10-22)18-27(20-7-6-8-21(17-20)28(30)31)35(32,33)24-11-2-1-3-12-24/h1-3,6-8,11-17,22H,4-5,9-10,18H2,(H,26,29). The van der Waals surface area contributed by atoms with Crippen molar-refractivity contribution in [3.05, 3.63) is 89.0 Å². The molecule has 0 saturated heterocycles. The van der Waals surface area contributed by atoms with Gasteiger partial charge in [0.05, 0.1) is 21.6 Å². The van der Waals surface area contributed by atoms with Crippen LogP contribution in [0.5, 0.6) is 5.75 Å². The molecule has 1 N–H and O–H groups in total. The first-order valence-corrected chi connectivity index (χ1v) is 12.7. The molecule has 0 atom stereocenters. The third-order valence-corrected chi connectivity index (χ3v) is 7.48. The number of hydrogen-bond acceptors (Lipinski definition) is 6. The van der Waals surface area contributed by atoms with Crippen molar-refractivity contribution in [3.63, 3.8) is 0 Å². The summed E-state index contributed by atoms with van der Waals surface area (Å²) in [5.41, 5.74) is 0.206. The number of benzene rings is 3. The molecule has 1 amide bonds. The summed E-state index contributed by atoms with van der Waals surface area (Å²) < 4.78 is 33.5. The Morgan fingerprint density at radius 1 is 1.00 bits per heavy atom. The smallest absolute Gasteiger partial charge is 0.271 e. The van der Waals surface area contributed by atoms with Crippen molar-refractivity contribution in [2.45, 2.75) is 36.7 Å². The second-order valence-corrected chi connectivity index (χ2v) is 10.1. The Balaban J connectivity index is 1.54. The lowest BCUT2D eigenvalue weighted by Gasteiger charge is -2.24. The fraction of sp³-hybridized carbons (Fsp3) is 0.240. The van der Waals surface area contributed by atoms with Gasteiger partial charge in [-0.05, 0) is 68.1 Å². The van der Waals surface area contributed by atoms with E-state index in [1.807, 2.05) is 0 Å². The molecule has 1 saturated carbocycles. The van der Waals surface area contributed by atoms with Crippen LogP contribution in [-0.4, -0.2) is 31.9 Å². The monoisotopic (exact) mass is 495 g/mol. The topological polar surface area (TPSA) is 119 Å². The zero-order valence-corrected chi connectivity index (χ0v) is 19.7. The van der Waals surface area contributed by atoms with E-state index >= 15 is 0 Å². The molecule has 1 aliphatic rings. The summed E-state index contributed by atoms with van der Waals surface area (Å²) >= 11 is 0. The van der Waals surface area contributed by atoms with E-state index < -0.39 is 27.4 Å². The summed E-state index contributed by atoms with van der Waals surface area (Å²) in [5.74, 6) is 0.111. The molecule has 0 aliphatic heterocycles. The van der Waals surface area contributed by atoms with Crippen LogP contribution in [-0.2, 0) is 14.8 Å². The first-order valence-electron chi connectivity index (χ1n) is 11.2. The molecular weight excluding hydrogens is 470 g/mol. The van der Waals surface area contributed by atoms with Gasteiger partial charge in [0, 0.05) is 17.8 Å². The third kappa shape index (κ3) is 5.96. The summed E-state index contributed by atoms with van der Waals surface area (Å²) in [6.07, 6.45) is 4.59. The van der Waals surface area contributed by atoms with Crippen LogP contribution < -0.4 is 14.4 Å². The molecule has 0 spiro atoms. The van der Waals surface area contributed by atoms with E-state index in [0.29, 0.717) is 11.4 Å². The number of amides is 1. The molecule has 3 aromatic carbocycles. The number of sulfonamides is 1. The van der Waals surface area contributed by atoms with Gasteiger partial charge in [-0.3, -0.25) is 19.2 Å². The number of carbonyl (C=O) groups is 1. The van der Waals surface area contributed by atoms with Crippen LogP contribution in [0.1, 0.15) is 25.7 Å². The minimum absolute atomic E-state index is 0.0125. The van der Waals surface area contributed by atoms with Gasteiger partial charge in [-0.2, -0.15) is 0 Å². The normalized spacial score (nSPS) is 13.8. The summed E-state index contributed by atoms with van der Waals surface area (Å²) in [4.78, 5) is 23.5. The average Bonchev–Trinajstić information content (AvgIpc) is 3.37. The zero-order chi connectivity index (χ0) is 24.8. The first kappa shape index (κ1) is 24.2. The van der Waals surface area contributed by atoms with Gasteiger partial charge in [0.1, 0.15) is 12.3 Å². The molecular formula is C25H25N3O6S. The Morgan fingerprint density at radius 2 is 1.69 bits per heavy atom. The van der Waals surface area contributed by atoms with Crippen molar-refractivity contribution in [2.75, 3.05) is 16.2 Å². The Kier molecular flexibility index (Phi) is 7.31. The van der Waals surface area contributed by atoms with Crippen LogP contribution in [0.3, 0.4) is 0 Å². The number of anilines is 2. The molecule has 0 heterocycles. The second-order valence-electron chi connectivity index (χ2n) is 8.20. The highest BCUT2D eigenvalue weighted by Crippen LogP contribution is 2.28. The van der Waals surface area contributed by atoms with Crippen LogP contribution in [0.15, 0.2) is 83.8 Å². The van der Waals surface area contributed by atoms with Crippen LogP contribution in [0.4, 0.5) is 17.1 Å². The maximum atomic E-state index is 13.4. The highest BCUT2D eigenvalue weighted by molar-refractivity contribution is 7.92. The van der Waals surface area contributed by atoms with Crippen LogP contribution in [0, 0.1) is 10.1 Å². The number of ether oxygens (including phenoxy) is 1. The average molecular weight is 496 g/mol. The summed E-state index contributed by atoms with van der Waals surface area (Å²) in [5, 5.41) is 13.9. The third-order valence-electron chi connectivity index (χ3n) is 5.69. The number of nitro benzene ring substituents is 1. The molecule has 182 valence electrons. The van der Waals surface area contributed by atoms with Crippen molar-refractivity contribution in [1.82, 2.24) is 0 Å². The van der Waals surface area contributed by atoms with Crippen molar-refractivity contribution in [3.8, 4) is 5.75 Å². The summed E-state index contributed by atoms with van der Waals surface area (Å²) in [6, 6.07) is 19.7. The molecule has 9 nitrogen and oxygen atoms in total. The summed E-state index contributed by atoms with van der Waals surface area (Å²) in [6.45, 7) is -0.571.